The molecule has 2 heterocycles. The van der Waals surface area contributed by atoms with Crippen LogP contribution in [-0.4, -0.2) is 32.6 Å². The standard InChI is InChI=1S/C23H24N4OS/c1-15-19(16(2)27(25-15)18-10-6-5-7-11-18)14-22(28)26(4)17(3)23-24-20-12-8-9-13-21(20)29-23/h5-13,17H,14H2,1-4H3/t17-/m0/s1. The van der Waals surface area contributed by atoms with E-state index in [9.17, 15) is 4.79 Å². The van der Waals surface area contributed by atoms with Crippen molar-refractivity contribution >= 4 is 27.5 Å². The number of hydrogen-bond donors (Lipinski definition) is 0. The van der Waals surface area contributed by atoms with E-state index in [1.807, 2.05) is 81.0 Å². The lowest BCUT2D eigenvalue weighted by Crippen LogP contribution is -2.31. The zero-order valence-electron chi connectivity index (χ0n) is 17.1. The Kier molecular flexibility index (Phi) is 5.20. The summed E-state index contributed by atoms with van der Waals surface area (Å²) in [6.45, 7) is 6.02. The Morgan fingerprint density at radius 3 is 2.52 bits per heavy atom. The highest BCUT2D eigenvalue weighted by Gasteiger charge is 2.23. The minimum absolute atomic E-state index is 0.0653. The quantitative estimate of drug-likeness (QED) is 0.477. The van der Waals surface area contributed by atoms with Gasteiger partial charge < -0.3 is 4.90 Å². The number of amides is 1. The molecule has 0 spiro atoms. The number of carbonyl (C=O) groups excluding carboxylic acids is 1. The fourth-order valence-corrected chi connectivity index (χ4v) is 4.54. The van der Waals surface area contributed by atoms with Crippen LogP contribution >= 0.6 is 11.3 Å². The molecule has 0 radical (unpaired) electrons. The average Bonchev–Trinajstić information content (AvgIpc) is 3.29. The molecule has 2 aromatic heterocycles. The molecule has 29 heavy (non-hydrogen) atoms. The fourth-order valence-electron chi connectivity index (χ4n) is 3.48. The normalized spacial score (nSPS) is 12.3. The number of aryl methyl sites for hydroxylation is 1. The first kappa shape index (κ1) is 19.3. The van der Waals surface area contributed by atoms with Gasteiger partial charge in [0, 0.05) is 18.3 Å². The Hall–Kier alpha value is -2.99. The van der Waals surface area contributed by atoms with Crippen LogP contribution in [0.3, 0.4) is 0 Å². The van der Waals surface area contributed by atoms with Crippen LogP contribution in [0.25, 0.3) is 15.9 Å². The third-order valence-corrected chi connectivity index (χ3v) is 6.62. The molecule has 4 rings (SSSR count). The first-order valence-corrected chi connectivity index (χ1v) is 10.5. The summed E-state index contributed by atoms with van der Waals surface area (Å²) in [6.07, 6.45) is 0.330. The molecule has 2 aromatic carbocycles. The van der Waals surface area contributed by atoms with E-state index in [2.05, 4.69) is 11.2 Å². The number of thiazole rings is 1. The molecule has 0 saturated carbocycles. The topological polar surface area (TPSA) is 51.0 Å². The van der Waals surface area contributed by atoms with Crippen LogP contribution in [0.15, 0.2) is 54.6 Å². The number of nitrogens with zero attached hydrogens (tertiary/aromatic N) is 4. The molecular formula is C23H24N4OS. The van der Waals surface area contributed by atoms with Gasteiger partial charge in [0.2, 0.25) is 5.91 Å². The van der Waals surface area contributed by atoms with Crippen molar-refractivity contribution in [2.24, 2.45) is 0 Å². The van der Waals surface area contributed by atoms with Gasteiger partial charge in [0.1, 0.15) is 5.01 Å². The second kappa shape index (κ2) is 7.79. The molecule has 0 unspecified atom stereocenters. The molecule has 5 nitrogen and oxygen atoms in total. The Morgan fingerprint density at radius 1 is 1.10 bits per heavy atom. The van der Waals surface area contributed by atoms with Crippen LogP contribution in [0.2, 0.25) is 0 Å². The summed E-state index contributed by atoms with van der Waals surface area (Å²) in [5, 5.41) is 5.61. The summed E-state index contributed by atoms with van der Waals surface area (Å²) in [5.74, 6) is 0.0653. The zero-order valence-corrected chi connectivity index (χ0v) is 17.9. The van der Waals surface area contributed by atoms with Crippen LogP contribution in [0.1, 0.15) is 34.9 Å². The smallest absolute Gasteiger partial charge is 0.227 e. The van der Waals surface area contributed by atoms with Gasteiger partial charge in [-0.1, -0.05) is 30.3 Å². The monoisotopic (exact) mass is 404 g/mol. The number of carbonyl (C=O) groups is 1. The minimum Gasteiger partial charge on any atom is -0.336 e. The number of aromatic nitrogens is 3. The average molecular weight is 405 g/mol. The third kappa shape index (κ3) is 3.68. The van der Waals surface area contributed by atoms with Crippen molar-refractivity contribution in [3.63, 3.8) is 0 Å². The van der Waals surface area contributed by atoms with Crippen molar-refractivity contribution in [2.75, 3.05) is 7.05 Å². The van der Waals surface area contributed by atoms with E-state index in [1.165, 1.54) is 0 Å². The molecule has 148 valence electrons. The van der Waals surface area contributed by atoms with Crippen molar-refractivity contribution in [1.29, 1.82) is 0 Å². The van der Waals surface area contributed by atoms with Gasteiger partial charge in [-0.2, -0.15) is 5.10 Å². The van der Waals surface area contributed by atoms with Gasteiger partial charge in [-0.15, -0.1) is 11.3 Å². The first-order chi connectivity index (χ1) is 14.0. The van der Waals surface area contributed by atoms with E-state index >= 15 is 0 Å². The van der Waals surface area contributed by atoms with Crippen molar-refractivity contribution in [1.82, 2.24) is 19.7 Å². The molecule has 0 fully saturated rings. The number of likely N-dealkylation sites (N-methyl/N-ethyl adjacent to an activating group) is 1. The summed E-state index contributed by atoms with van der Waals surface area (Å²) in [6, 6.07) is 18.0. The van der Waals surface area contributed by atoms with Crippen molar-refractivity contribution in [3.8, 4) is 5.69 Å². The number of hydrogen-bond acceptors (Lipinski definition) is 4. The van der Waals surface area contributed by atoms with Crippen LogP contribution in [0.5, 0.6) is 0 Å². The van der Waals surface area contributed by atoms with Gasteiger partial charge >= 0.3 is 0 Å². The lowest BCUT2D eigenvalue weighted by molar-refractivity contribution is -0.131. The van der Waals surface area contributed by atoms with Gasteiger partial charge in [0.15, 0.2) is 0 Å². The highest BCUT2D eigenvalue weighted by molar-refractivity contribution is 7.18. The van der Waals surface area contributed by atoms with Gasteiger partial charge in [-0.3, -0.25) is 4.79 Å². The summed E-state index contributed by atoms with van der Waals surface area (Å²) in [4.78, 5) is 19.6. The predicted octanol–water partition coefficient (Wildman–Crippen LogP) is 4.86. The third-order valence-electron chi connectivity index (χ3n) is 5.41. The van der Waals surface area contributed by atoms with E-state index in [0.717, 1.165) is 37.9 Å². The molecule has 0 N–H and O–H groups in total. The van der Waals surface area contributed by atoms with E-state index < -0.39 is 0 Å². The molecule has 0 aliphatic heterocycles. The Morgan fingerprint density at radius 2 is 1.79 bits per heavy atom. The molecule has 6 heteroatoms. The molecule has 0 aliphatic carbocycles. The van der Waals surface area contributed by atoms with Crippen molar-refractivity contribution in [3.05, 3.63) is 76.6 Å². The van der Waals surface area contributed by atoms with E-state index in [4.69, 9.17) is 4.98 Å². The highest BCUT2D eigenvalue weighted by Crippen LogP contribution is 2.29. The zero-order chi connectivity index (χ0) is 20.5. The number of benzene rings is 2. The highest BCUT2D eigenvalue weighted by atomic mass is 32.1. The fraction of sp³-hybridized carbons (Fsp3) is 0.261. The van der Waals surface area contributed by atoms with Crippen molar-refractivity contribution in [2.45, 2.75) is 33.2 Å². The van der Waals surface area contributed by atoms with Crippen LogP contribution in [0, 0.1) is 13.8 Å². The van der Waals surface area contributed by atoms with Gasteiger partial charge in [-0.25, -0.2) is 9.67 Å². The summed E-state index contributed by atoms with van der Waals surface area (Å²) < 4.78 is 3.06. The Labute approximate surface area is 174 Å². The summed E-state index contributed by atoms with van der Waals surface area (Å²) in [7, 11) is 1.85. The SMILES string of the molecule is Cc1nn(-c2ccccc2)c(C)c1CC(=O)N(C)[C@@H](C)c1nc2ccccc2s1. The maximum absolute atomic E-state index is 13.1. The Balaban J connectivity index is 1.55. The maximum Gasteiger partial charge on any atom is 0.227 e. The lowest BCUT2D eigenvalue weighted by atomic mass is 10.1. The molecular weight excluding hydrogens is 380 g/mol. The first-order valence-electron chi connectivity index (χ1n) is 9.67. The molecule has 1 amide bonds. The summed E-state index contributed by atoms with van der Waals surface area (Å²) >= 11 is 1.64. The van der Waals surface area contributed by atoms with Crippen LogP contribution in [-0.2, 0) is 11.2 Å². The number of rotatable bonds is 5. The molecule has 0 aliphatic rings. The Bertz CT molecular complexity index is 1130. The van der Waals surface area contributed by atoms with Crippen molar-refractivity contribution < 1.29 is 4.79 Å². The van der Waals surface area contributed by atoms with E-state index in [1.54, 1.807) is 16.2 Å². The van der Waals surface area contributed by atoms with Gasteiger partial charge in [0.25, 0.3) is 0 Å². The molecule has 0 saturated heterocycles. The second-order valence-corrected chi connectivity index (χ2v) is 8.34. The molecule has 1 atom stereocenters. The molecule has 4 aromatic rings. The molecule has 0 bridgehead atoms. The van der Waals surface area contributed by atoms with Gasteiger partial charge in [0.05, 0.1) is 34.1 Å². The van der Waals surface area contributed by atoms with Gasteiger partial charge in [-0.05, 0) is 45.0 Å². The maximum atomic E-state index is 13.1. The second-order valence-electron chi connectivity index (χ2n) is 7.27. The lowest BCUT2D eigenvalue weighted by Gasteiger charge is -2.23. The van der Waals surface area contributed by atoms with E-state index in [0.29, 0.717) is 6.42 Å². The predicted molar refractivity (Wildman–Crippen MR) is 118 cm³/mol. The minimum atomic E-state index is -0.0790. The van der Waals surface area contributed by atoms with Crippen LogP contribution < -0.4 is 0 Å². The van der Waals surface area contributed by atoms with Crippen LogP contribution in [0.4, 0.5) is 0 Å². The largest absolute Gasteiger partial charge is 0.336 e. The number of fused-ring (bicyclic) bond motifs is 1. The number of para-hydroxylation sites is 2. The van der Waals surface area contributed by atoms with E-state index in [-0.39, 0.29) is 11.9 Å². The summed E-state index contributed by atoms with van der Waals surface area (Å²) in [5.41, 5.74) is 4.87.